The molecule has 2 N–H and O–H groups in total. The quantitative estimate of drug-likeness (QED) is 0.630. The maximum absolute atomic E-state index is 12.4. The maximum atomic E-state index is 12.4. The van der Waals surface area contributed by atoms with E-state index in [1.54, 1.807) is 6.07 Å². The molecule has 1 rings (SSSR count). The van der Waals surface area contributed by atoms with Crippen LogP contribution in [0, 0.1) is 0 Å². The first kappa shape index (κ1) is 15.1. The molecule has 0 aromatic heterocycles. The molecule has 0 saturated heterocycles. The maximum Gasteiger partial charge on any atom is 0.446 e. The first-order valence-electron chi connectivity index (χ1n) is 5.09. The van der Waals surface area contributed by atoms with Crippen molar-refractivity contribution in [3.05, 3.63) is 23.8 Å². The number of thioether (sulfide) groups is 1. The summed E-state index contributed by atoms with van der Waals surface area (Å²) in [6, 6.07) is 4.12. The van der Waals surface area contributed by atoms with Crippen LogP contribution in [0.2, 0.25) is 0 Å². The number of halogens is 3. The van der Waals surface area contributed by atoms with Crippen molar-refractivity contribution in [3.8, 4) is 0 Å². The first-order chi connectivity index (χ1) is 8.00. The molecule has 0 saturated carbocycles. The number of rotatable bonds is 2. The van der Waals surface area contributed by atoms with Gasteiger partial charge in [-0.3, -0.25) is 10.4 Å². The van der Waals surface area contributed by atoms with Gasteiger partial charge in [0.15, 0.2) is 0 Å². The summed E-state index contributed by atoms with van der Waals surface area (Å²) >= 11 is -0.376. The van der Waals surface area contributed by atoms with E-state index in [0.717, 1.165) is 0 Å². The molecule has 1 aromatic carbocycles. The zero-order valence-electron chi connectivity index (χ0n) is 10.1. The lowest BCUT2D eigenvalue weighted by Gasteiger charge is -2.22. The lowest BCUT2D eigenvalue weighted by atomic mass is 9.87. The van der Waals surface area contributed by atoms with Gasteiger partial charge in [0.25, 0.3) is 0 Å². The number of benzene rings is 1. The summed E-state index contributed by atoms with van der Waals surface area (Å²) in [5.41, 5.74) is -4.43. The zero-order chi connectivity index (χ0) is 14.1. The van der Waals surface area contributed by atoms with Gasteiger partial charge < -0.3 is 0 Å². The molecule has 0 aliphatic carbocycles. The van der Waals surface area contributed by atoms with Crippen molar-refractivity contribution in [2.24, 2.45) is 0 Å². The largest absolute Gasteiger partial charge is 0.446 e. The predicted octanol–water partition coefficient (Wildman–Crippen LogP) is 4.18. The highest BCUT2D eigenvalue weighted by Gasteiger charge is 2.32. The summed E-state index contributed by atoms with van der Waals surface area (Å²) in [4.78, 5) is -0.250. The monoisotopic (exact) mass is 281 g/mol. The van der Waals surface area contributed by atoms with E-state index in [1.165, 1.54) is 12.1 Å². The third-order valence-corrected chi connectivity index (χ3v) is 3.05. The first-order valence-corrected chi connectivity index (χ1v) is 5.90. The minimum atomic E-state index is -4.48. The molecule has 3 nitrogen and oxygen atoms in total. The summed E-state index contributed by atoms with van der Waals surface area (Å²) < 4.78 is 37.2. The number of hydrogen-bond donors (Lipinski definition) is 2. The Bertz CT molecular complexity index is 427. The fourth-order valence-electron chi connectivity index (χ4n) is 1.35. The van der Waals surface area contributed by atoms with Gasteiger partial charge in [0.2, 0.25) is 0 Å². The van der Waals surface area contributed by atoms with Crippen molar-refractivity contribution in [3.63, 3.8) is 0 Å². The van der Waals surface area contributed by atoms with E-state index in [9.17, 15) is 13.2 Å². The zero-order valence-corrected chi connectivity index (χ0v) is 10.9. The minimum Gasteiger partial charge on any atom is -0.264 e. The molecule has 0 fully saturated rings. The van der Waals surface area contributed by atoms with Gasteiger partial charge in [-0.1, -0.05) is 26.8 Å². The van der Waals surface area contributed by atoms with Gasteiger partial charge in [-0.15, -0.1) is 5.23 Å². The van der Waals surface area contributed by atoms with Crippen LogP contribution in [-0.4, -0.2) is 15.9 Å². The Kier molecular flexibility index (Phi) is 4.19. The van der Waals surface area contributed by atoms with Crippen molar-refractivity contribution in [2.75, 3.05) is 5.23 Å². The van der Waals surface area contributed by atoms with Crippen LogP contribution in [0.4, 0.5) is 18.9 Å². The van der Waals surface area contributed by atoms with Crippen molar-refractivity contribution in [1.29, 1.82) is 0 Å². The molecule has 102 valence electrons. The van der Waals surface area contributed by atoms with Crippen LogP contribution in [0.5, 0.6) is 0 Å². The molecule has 0 bridgehead atoms. The fourth-order valence-corrected chi connectivity index (χ4v) is 2.04. The molecule has 0 aliphatic heterocycles. The average Bonchev–Trinajstić information content (AvgIpc) is 2.12. The summed E-state index contributed by atoms with van der Waals surface area (Å²) in [6.45, 7) is 5.58. The molecule has 0 atom stereocenters. The van der Waals surface area contributed by atoms with Gasteiger partial charge in [0, 0.05) is 4.90 Å². The molecule has 0 amide bonds. The van der Waals surface area contributed by atoms with E-state index in [2.05, 4.69) is 0 Å². The van der Waals surface area contributed by atoms with Crippen LogP contribution in [0.25, 0.3) is 0 Å². The molecule has 1 aromatic rings. The fraction of sp³-hybridized carbons (Fsp3) is 0.455. The van der Waals surface area contributed by atoms with Crippen LogP contribution in [0.1, 0.15) is 26.3 Å². The lowest BCUT2D eigenvalue weighted by molar-refractivity contribution is -0.0329. The Balaban J connectivity index is 3.25. The standard InChI is InChI=1S/C11H14F3NO2S/c1-10(2,3)7-4-5-8(15(16)17)9(6-7)18-11(12,13)14/h4-6,16-17H,1-3H3. The molecule has 0 unspecified atom stereocenters. The van der Waals surface area contributed by atoms with Gasteiger partial charge in [-0.05, 0) is 34.9 Å². The van der Waals surface area contributed by atoms with E-state index in [0.29, 0.717) is 5.56 Å². The smallest absolute Gasteiger partial charge is 0.264 e. The summed E-state index contributed by atoms with van der Waals surface area (Å²) in [5, 5.41) is 17.5. The van der Waals surface area contributed by atoms with Crippen LogP contribution in [0.3, 0.4) is 0 Å². The number of anilines is 1. The van der Waals surface area contributed by atoms with Crippen LogP contribution in [-0.2, 0) is 5.41 Å². The Morgan fingerprint density at radius 1 is 1.11 bits per heavy atom. The summed E-state index contributed by atoms with van der Waals surface area (Å²) in [6.07, 6.45) is 0. The Labute approximate surface area is 107 Å². The predicted molar refractivity (Wildman–Crippen MR) is 63.1 cm³/mol. The van der Waals surface area contributed by atoms with Gasteiger partial charge in [0.05, 0.1) is 0 Å². The molecular formula is C11H14F3NO2S. The molecule has 18 heavy (non-hydrogen) atoms. The third kappa shape index (κ3) is 4.08. The van der Waals surface area contributed by atoms with Gasteiger partial charge in [0.1, 0.15) is 5.69 Å². The summed E-state index contributed by atoms with van der Waals surface area (Å²) in [5.74, 6) is 0. The highest BCUT2D eigenvalue weighted by Crippen LogP contribution is 2.42. The van der Waals surface area contributed by atoms with Crippen molar-refractivity contribution in [2.45, 2.75) is 36.6 Å². The Morgan fingerprint density at radius 3 is 2.06 bits per heavy atom. The van der Waals surface area contributed by atoms with Crippen LogP contribution < -0.4 is 5.23 Å². The molecular weight excluding hydrogens is 267 g/mol. The second kappa shape index (κ2) is 4.99. The SMILES string of the molecule is CC(C)(C)c1ccc(N(O)O)c(SC(F)(F)F)c1. The number of nitrogens with zero attached hydrogens (tertiary/aromatic N) is 1. The molecule has 7 heteroatoms. The van der Waals surface area contributed by atoms with Gasteiger partial charge >= 0.3 is 5.51 Å². The number of hydrogen-bond acceptors (Lipinski definition) is 4. The third-order valence-electron chi connectivity index (χ3n) is 2.27. The van der Waals surface area contributed by atoms with Crippen molar-refractivity contribution < 1.29 is 23.6 Å². The average molecular weight is 281 g/mol. The van der Waals surface area contributed by atoms with E-state index in [4.69, 9.17) is 10.4 Å². The number of alkyl halides is 3. The second-order valence-corrected chi connectivity index (χ2v) is 5.88. The van der Waals surface area contributed by atoms with E-state index < -0.39 is 5.51 Å². The van der Waals surface area contributed by atoms with E-state index in [1.807, 2.05) is 20.8 Å². The van der Waals surface area contributed by atoms with E-state index >= 15 is 0 Å². The molecule has 0 aliphatic rings. The van der Waals surface area contributed by atoms with E-state index in [-0.39, 0.29) is 33.0 Å². The lowest BCUT2D eigenvalue weighted by Crippen LogP contribution is -2.16. The molecule has 0 spiro atoms. The minimum absolute atomic E-state index is 0.250. The topological polar surface area (TPSA) is 43.7 Å². The van der Waals surface area contributed by atoms with Gasteiger partial charge in [-0.2, -0.15) is 13.2 Å². The van der Waals surface area contributed by atoms with Gasteiger partial charge in [-0.25, -0.2) is 0 Å². The summed E-state index contributed by atoms with van der Waals surface area (Å²) in [7, 11) is 0. The van der Waals surface area contributed by atoms with Crippen molar-refractivity contribution >= 4 is 17.4 Å². The van der Waals surface area contributed by atoms with Crippen molar-refractivity contribution in [1.82, 2.24) is 0 Å². The second-order valence-electron chi connectivity index (χ2n) is 4.77. The normalized spacial score (nSPS) is 12.7. The Hall–Kier alpha value is -0.920. The highest BCUT2D eigenvalue weighted by molar-refractivity contribution is 8.00. The van der Waals surface area contributed by atoms with Crippen LogP contribution in [0.15, 0.2) is 23.1 Å². The Morgan fingerprint density at radius 2 is 1.67 bits per heavy atom. The molecule has 0 heterocycles. The van der Waals surface area contributed by atoms with Crippen LogP contribution >= 0.6 is 11.8 Å². The highest BCUT2D eigenvalue weighted by atomic mass is 32.2. The molecule has 0 radical (unpaired) electrons.